The number of rotatable bonds is 1. The molecule has 3 aromatic heterocycles. The van der Waals surface area contributed by atoms with E-state index in [4.69, 9.17) is 0 Å². The Balaban J connectivity index is 2.27. The second kappa shape index (κ2) is 3.55. The van der Waals surface area contributed by atoms with Gasteiger partial charge in [-0.05, 0) is 19.1 Å². The summed E-state index contributed by atoms with van der Waals surface area (Å²) in [7, 11) is 0. The zero-order valence-corrected chi connectivity index (χ0v) is 9.24. The van der Waals surface area contributed by atoms with Crippen LogP contribution in [0.4, 0.5) is 0 Å². The quantitative estimate of drug-likeness (QED) is 0.626. The smallest absolute Gasteiger partial charge is 0.298 e. The Kier molecular flexibility index (Phi) is 2.04. The van der Waals surface area contributed by atoms with Crippen molar-refractivity contribution in [1.29, 1.82) is 0 Å². The lowest BCUT2D eigenvalue weighted by molar-refractivity contribution is 0.938. The van der Waals surface area contributed by atoms with Crippen LogP contribution in [0.5, 0.6) is 0 Å². The minimum Gasteiger partial charge on any atom is -0.301 e. The minimum atomic E-state index is -0.150. The molecule has 0 radical (unpaired) electrons. The second-order valence-electron chi connectivity index (χ2n) is 3.79. The number of imidazole rings is 1. The van der Waals surface area contributed by atoms with Crippen molar-refractivity contribution in [2.75, 3.05) is 0 Å². The van der Waals surface area contributed by atoms with Gasteiger partial charge in [0.15, 0.2) is 0 Å². The standard InChI is InChI=1S/C12H10N4O/c1-9-2-3-10(8-14-9)16-7-6-15-5-4-13-11(15)12(16)17/h2-8H,1H3. The molecule has 17 heavy (non-hydrogen) atoms. The van der Waals surface area contributed by atoms with Crippen LogP contribution < -0.4 is 5.56 Å². The molecule has 84 valence electrons. The molecule has 0 fully saturated rings. The molecule has 3 heterocycles. The van der Waals surface area contributed by atoms with E-state index in [1.54, 1.807) is 35.4 Å². The van der Waals surface area contributed by atoms with Crippen molar-refractivity contribution in [3.63, 3.8) is 0 Å². The molecule has 3 aromatic rings. The summed E-state index contributed by atoms with van der Waals surface area (Å²) in [6.07, 6.45) is 8.53. The highest BCUT2D eigenvalue weighted by atomic mass is 16.1. The summed E-state index contributed by atoms with van der Waals surface area (Å²) >= 11 is 0. The van der Waals surface area contributed by atoms with E-state index in [1.165, 1.54) is 4.57 Å². The van der Waals surface area contributed by atoms with Gasteiger partial charge in [0.2, 0.25) is 5.65 Å². The number of nitrogens with zero attached hydrogens (tertiary/aromatic N) is 4. The number of hydrogen-bond donors (Lipinski definition) is 0. The van der Waals surface area contributed by atoms with Gasteiger partial charge in [-0.15, -0.1) is 0 Å². The fourth-order valence-electron chi connectivity index (χ4n) is 1.72. The van der Waals surface area contributed by atoms with E-state index in [2.05, 4.69) is 9.97 Å². The van der Waals surface area contributed by atoms with Crippen molar-refractivity contribution in [1.82, 2.24) is 18.9 Å². The van der Waals surface area contributed by atoms with Crippen molar-refractivity contribution in [2.45, 2.75) is 6.92 Å². The molecule has 0 saturated carbocycles. The summed E-state index contributed by atoms with van der Waals surface area (Å²) in [6.45, 7) is 1.91. The Bertz CT molecular complexity index is 724. The lowest BCUT2D eigenvalue weighted by atomic mass is 10.3. The molecule has 0 aliphatic rings. The number of aromatic nitrogens is 4. The Morgan fingerprint density at radius 2 is 2.00 bits per heavy atom. The molecule has 0 aromatic carbocycles. The summed E-state index contributed by atoms with van der Waals surface area (Å²) in [6, 6.07) is 3.74. The van der Waals surface area contributed by atoms with Gasteiger partial charge in [0.25, 0.3) is 5.56 Å². The first-order chi connectivity index (χ1) is 8.25. The highest BCUT2D eigenvalue weighted by molar-refractivity contribution is 5.39. The summed E-state index contributed by atoms with van der Waals surface area (Å²) in [5.74, 6) is 0. The molecule has 0 N–H and O–H groups in total. The monoisotopic (exact) mass is 226 g/mol. The van der Waals surface area contributed by atoms with Crippen molar-refractivity contribution in [3.05, 3.63) is 59.2 Å². The van der Waals surface area contributed by atoms with Crippen molar-refractivity contribution < 1.29 is 0 Å². The Labute approximate surface area is 97.0 Å². The molecule has 0 aliphatic carbocycles. The lowest BCUT2D eigenvalue weighted by Gasteiger charge is -2.05. The average molecular weight is 226 g/mol. The number of pyridine rings is 1. The van der Waals surface area contributed by atoms with E-state index in [0.717, 1.165) is 11.4 Å². The van der Waals surface area contributed by atoms with E-state index >= 15 is 0 Å². The maximum absolute atomic E-state index is 12.1. The van der Waals surface area contributed by atoms with Crippen LogP contribution in [-0.4, -0.2) is 18.9 Å². The average Bonchev–Trinajstić information content (AvgIpc) is 2.80. The van der Waals surface area contributed by atoms with E-state index in [0.29, 0.717) is 5.65 Å². The van der Waals surface area contributed by atoms with E-state index < -0.39 is 0 Å². The molecule has 3 rings (SSSR count). The van der Waals surface area contributed by atoms with Crippen LogP contribution in [0.1, 0.15) is 5.69 Å². The molecule has 0 bridgehead atoms. The molecule has 0 unspecified atom stereocenters. The van der Waals surface area contributed by atoms with Gasteiger partial charge in [0.05, 0.1) is 11.9 Å². The van der Waals surface area contributed by atoms with E-state index in [-0.39, 0.29) is 5.56 Å². The Morgan fingerprint density at radius 1 is 1.12 bits per heavy atom. The third-order valence-corrected chi connectivity index (χ3v) is 2.63. The highest BCUT2D eigenvalue weighted by Crippen LogP contribution is 2.04. The zero-order chi connectivity index (χ0) is 11.8. The maximum atomic E-state index is 12.1. The predicted molar refractivity (Wildman–Crippen MR) is 63.3 cm³/mol. The molecule has 5 nitrogen and oxygen atoms in total. The topological polar surface area (TPSA) is 52.2 Å². The van der Waals surface area contributed by atoms with Crippen LogP contribution >= 0.6 is 0 Å². The van der Waals surface area contributed by atoms with Crippen molar-refractivity contribution >= 4 is 5.65 Å². The Hall–Kier alpha value is -2.43. The van der Waals surface area contributed by atoms with Crippen LogP contribution in [0.2, 0.25) is 0 Å². The first kappa shape index (κ1) is 9.77. The summed E-state index contributed by atoms with van der Waals surface area (Å²) < 4.78 is 3.23. The zero-order valence-electron chi connectivity index (χ0n) is 9.24. The van der Waals surface area contributed by atoms with Crippen LogP contribution in [0, 0.1) is 6.92 Å². The van der Waals surface area contributed by atoms with E-state index in [1.807, 2.05) is 19.1 Å². The van der Waals surface area contributed by atoms with Gasteiger partial charge in [-0.3, -0.25) is 14.3 Å². The SMILES string of the molecule is Cc1ccc(-n2ccn3ccnc3c2=O)cn1. The van der Waals surface area contributed by atoms with Gasteiger partial charge < -0.3 is 4.40 Å². The predicted octanol–water partition coefficient (Wildman–Crippen LogP) is 1.19. The highest BCUT2D eigenvalue weighted by Gasteiger charge is 2.05. The third-order valence-electron chi connectivity index (χ3n) is 2.63. The fraction of sp³-hybridized carbons (Fsp3) is 0.0833. The molecule has 0 spiro atoms. The van der Waals surface area contributed by atoms with E-state index in [9.17, 15) is 4.79 Å². The molecule has 0 atom stereocenters. The van der Waals surface area contributed by atoms with Gasteiger partial charge in [-0.2, -0.15) is 0 Å². The Morgan fingerprint density at radius 3 is 2.76 bits per heavy atom. The maximum Gasteiger partial charge on any atom is 0.298 e. The van der Waals surface area contributed by atoms with Crippen LogP contribution in [-0.2, 0) is 0 Å². The van der Waals surface area contributed by atoms with Crippen molar-refractivity contribution in [3.8, 4) is 5.69 Å². The third kappa shape index (κ3) is 1.52. The number of fused-ring (bicyclic) bond motifs is 1. The van der Waals surface area contributed by atoms with Crippen LogP contribution in [0.3, 0.4) is 0 Å². The second-order valence-corrected chi connectivity index (χ2v) is 3.79. The first-order valence-corrected chi connectivity index (χ1v) is 5.23. The molecule has 5 heteroatoms. The van der Waals surface area contributed by atoms with Gasteiger partial charge in [-0.25, -0.2) is 4.98 Å². The van der Waals surface area contributed by atoms with Gasteiger partial charge in [0, 0.05) is 30.5 Å². The summed E-state index contributed by atoms with van der Waals surface area (Å²) in [5, 5.41) is 0. The number of aryl methyl sites for hydroxylation is 1. The van der Waals surface area contributed by atoms with Gasteiger partial charge >= 0.3 is 0 Å². The minimum absolute atomic E-state index is 0.150. The lowest BCUT2D eigenvalue weighted by Crippen LogP contribution is -2.20. The molecular formula is C12H10N4O. The van der Waals surface area contributed by atoms with Crippen LogP contribution in [0.15, 0.2) is 47.9 Å². The van der Waals surface area contributed by atoms with Crippen molar-refractivity contribution in [2.24, 2.45) is 0 Å². The molecule has 0 saturated heterocycles. The molecular weight excluding hydrogens is 216 g/mol. The van der Waals surface area contributed by atoms with Crippen LogP contribution in [0.25, 0.3) is 11.3 Å². The normalized spacial score (nSPS) is 10.9. The first-order valence-electron chi connectivity index (χ1n) is 5.23. The summed E-state index contributed by atoms with van der Waals surface area (Å²) in [4.78, 5) is 20.3. The largest absolute Gasteiger partial charge is 0.301 e. The number of hydrogen-bond acceptors (Lipinski definition) is 3. The molecule has 0 amide bonds. The fourth-order valence-corrected chi connectivity index (χ4v) is 1.72. The van der Waals surface area contributed by atoms with Gasteiger partial charge in [-0.1, -0.05) is 0 Å². The summed E-state index contributed by atoms with van der Waals surface area (Å²) in [5.41, 5.74) is 1.92. The molecule has 0 aliphatic heterocycles. The van der Waals surface area contributed by atoms with Gasteiger partial charge in [0.1, 0.15) is 0 Å².